The zero-order chi connectivity index (χ0) is 16.2. The molecule has 2 aromatic rings. The van der Waals surface area contributed by atoms with Crippen LogP contribution in [0.25, 0.3) is 0 Å². The molecule has 8 heteroatoms. The Morgan fingerprint density at radius 1 is 1.00 bits per heavy atom. The van der Waals surface area contributed by atoms with Crippen molar-refractivity contribution in [1.82, 2.24) is 0 Å². The number of amides is 2. The number of hydrogen-bond acceptors (Lipinski definition) is 2. The lowest BCUT2D eigenvalue weighted by molar-refractivity contribution is -0.0328. The van der Waals surface area contributed by atoms with Crippen LogP contribution in [0, 0.1) is 0 Å². The maximum absolute atomic E-state index is 12.3. The minimum absolute atomic E-state index is 0.00643. The number of carbonyl (C=O) groups excluding carboxylic acids is 1. The zero-order valence-corrected chi connectivity index (χ0v) is 12.5. The SMILES string of the molecule is O=C(Nc1cccc(Cl)c1)Nc1cccc(SC(F)(F)F)c1. The maximum atomic E-state index is 12.3. The molecule has 22 heavy (non-hydrogen) atoms. The molecule has 0 saturated heterocycles. The Morgan fingerprint density at radius 3 is 2.18 bits per heavy atom. The second-order valence-electron chi connectivity index (χ2n) is 4.17. The van der Waals surface area contributed by atoms with Gasteiger partial charge in [0.05, 0.1) is 0 Å². The number of anilines is 2. The minimum atomic E-state index is -4.37. The topological polar surface area (TPSA) is 41.1 Å². The van der Waals surface area contributed by atoms with Crippen molar-refractivity contribution >= 4 is 40.8 Å². The third-order valence-corrected chi connectivity index (χ3v) is 3.36. The van der Waals surface area contributed by atoms with Crippen LogP contribution in [0.4, 0.5) is 29.3 Å². The van der Waals surface area contributed by atoms with Crippen LogP contribution >= 0.6 is 23.4 Å². The highest BCUT2D eigenvalue weighted by Gasteiger charge is 2.29. The molecular formula is C14H10ClF3N2OS. The van der Waals surface area contributed by atoms with E-state index >= 15 is 0 Å². The standard InChI is InChI=1S/C14H10ClF3N2OS/c15-9-3-1-4-10(7-9)19-13(21)20-11-5-2-6-12(8-11)22-14(16,17)18/h1-8H,(H2,19,20,21). The third kappa shape index (κ3) is 5.50. The van der Waals surface area contributed by atoms with Gasteiger partial charge in [0.1, 0.15) is 0 Å². The van der Waals surface area contributed by atoms with Gasteiger partial charge >= 0.3 is 11.5 Å². The molecule has 2 rings (SSSR count). The number of urea groups is 1. The van der Waals surface area contributed by atoms with Gasteiger partial charge in [-0.2, -0.15) is 13.2 Å². The molecular weight excluding hydrogens is 337 g/mol. The first kappa shape index (κ1) is 16.5. The summed E-state index contributed by atoms with van der Waals surface area (Å²) < 4.78 is 36.9. The number of alkyl halides is 3. The second kappa shape index (κ2) is 6.93. The van der Waals surface area contributed by atoms with Crippen LogP contribution in [0.1, 0.15) is 0 Å². The molecule has 0 bridgehead atoms. The summed E-state index contributed by atoms with van der Waals surface area (Å²) in [7, 11) is 0. The van der Waals surface area contributed by atoms with E-state index < -0.39 is 11.5 Å². The molecule has 0 fully saturated rings. The molecule has 0 atom stereocenters. The minimum Gasteiger partial charge on any atom is -0.308 e. The third-order valence-electron chi connectivity index (χ3n) is 2.41. The fourth-order valence-electron chi connectivity index (χ4n) is 1.63. The lowest BCUT2D eigenvalue weighted by Gasteiger charge is -2.10. The van der Waals surface area contributed by atoms with Crippen molar-refractivity contribution in [2.24, 2.45) is 0 Å². The number of hydrogen-bond donors (Lipinski definition) is 2. The van der Waals surface area contributed by atoms with Crippen molar-refractivity contribution in [3.8, 4) is 0 Å². The highest BCUT2D eigenvalue weighted by molar-refractivity contribution is 8.00. The molecule has 2 amide bonds. The van der Waals surface area contributed by atoms with E-state index in [1.807, 2.05) is 0 Å². The highest BCUT2D eigenvalue weighted by Crippen LogP contribution is 2.37. The average Bonchev–Trinajstić information content (AvgIpc) is 2.36. The summed E-state index contributed by atoms with van der Waals surface area (Å²) >= 11 is 5.55. The normalized spacial score (nSPS) is 11.1. The smallest absolute Gasteiger partial charge is 0.308 e. The summed E-state index contributed by atoms with van der Waals surface area (Å²) in [5.74, 6) is 0. The van der Waals surface area contributed by atoms with Gasteiger partial charge in [-0.25, -0.2) is 4.79 Å². The molecule has 0 aliphatic rings. The Labute approximate surface area is 133 Å². The van der Waals surface area contributed by atoms with Gasteiger partial charge in [-0.1, -0.05) is 23.7 Å². The summed E-state index contributed by atoms with van der Waals surface area (Å²) in [4.78, 5) is 11.8. The Morgan fingerprint density at radius 2 is 1.59 bits per heavy atom. The van der Waals surface area contributed by atoms with Crippen molar-refractivity contribution in [2.45, 2.75) is 10.4 Å². The number of halogens is 4. The first-order valence-corrected chi connectivity index (χ1v) is 7.21. The van der Waals surface area contributed by atoms with Crippen molar-refractivity contribution < 1.29 is 18.0 Å². The Hall–Kier alpha value is -1.86. The molecule has 116 valence electrons. The van der Waals surface area contributed by atoms with E-state index in [2.05, 4.69) is 10.6 Å². The molecule has 0 heterocycles. The van der Waals surface area contributed by atoms with Gasteiger partial charge in [-0.3, -0.25) is 0 Å². The summed E-state index contributed by atoms with van der Waals surface area (Å²) in [6.07, 6.45) is 0. The quantitative estimate of drug-likeness (QED) is 0.711. The molecule has 0 aliphatic carbocycles. The fraction of sp³-hybridized carbons (Fsp3) is 0.0714. The molecule has 0 aromatic heterocycles. The highest BCUT2D eigenvalue weighted by atomic mass is 35.5. The van der Waals surface area contributed by atoms with Gasteiger partial charge in [0.15, 0.2) is 0 Å². The van der Waals surface area contributed by atoms with Gasteiger partial charge < -0.3 is 10.6 Å². The van der Waals surface area contributed by atoms with Crippen LogP contribution in [-0.2, 0) is 0 Å². The maximum Gasteiger partial charge on any atom is 0.446 e. The van der Waals surface area contributed by atoms with Gasteiger partial charge in [-0.15, -0.1) is 0 Å². The van der Waals surface area contributed by atoms with Crippen LogP contribution < -0.4 is 10.6 Å². The second-order valence-corrected chi connectivity index (χ2v) is 5.74. The summed E-state index contributed by atoms with van der Waals surface area (Å²) in [6.45, 7) is 0. The Balaban J connectivity index is 2.01. The summed E-state index contributed by atoms with van der Waals surface area (Å²) in [5.41, 5.74) is -3.64. The van der Waals surface area contributed by atoms with Crippen LogP contribution in [0.5, 0.6) is 0 Å². The summed E-state index contributed by atoms with van der Waals surface area (Å²) in [6, 6.07) is 11.4. The predicted molar refractivity (Wildman–Crippen MR) is 82.4 cm³/mol. The Kier molecular flexibility index (Phi) is 5.20. The fourth-order valence-corrected chi connectivity index (χ4v) is 2.42. The summed E-state index contributed by atoms with van der Waals surface area (Å²) in [5, 5.41) is 5.46. The molecule has 0 saturated carbocycles. The first-order chi connectivity index (χ1) is 10.3. The van der Waals surface area contributed by atoms with Crippen molar-refractivity contribution in [3.63, 3.8) is 0 Å². The molecule has 0 aliphatic heterocycles. The lowest BCUT2D eigenvalue weighted by atomic mass is 10.3. The van der Waals surface area contributed by atoms with Crippen molar-refractivity contribution in [2.75, 3.05) is 10.6 Å². The van der Waals surface area contributed by atoms with Crippen LogP contribution in [0.2, 0.25) is 5.02 Å². The lowest BCUT2D eigenvalue weighted by Crippen LogP contribution is -2.19. The molecule has 0 spiro atoms. The van der Waals surface area contributed by atoms with Crippen LogP contribution in [0.3, 0.4) is 0 Å². The van der Waals surface area contributed by atoms with E-state index in [9.17, 15) is 18.0 Å². The van der Waals surface area contributed by atoms with Gasteiger partial charge in [0.2, 0.25) is 0 Å². The van der Waals surface area contributed by atoms with Crippen molar-refractivity contribution in [1.29, 1.82) is 0 Å². The monoisotopic (exact) mass is 346 g/mol. The number of carbonyl (C=O) groups is 1. The van der Waals surface area contributed by atoms with Crippen LogP contribution in [-0.4, -0.2) is 11.5 Å². The number of benzene rings is 2. The van der Waals surface area contributed by atoms with E-state index in [1.165, 1.54) is 24.3 Å². The van der Waals surface area contributed by atoms with E-state index in [4.69, 9.17) is 11.6 Å². The van der Waals surface area contributed by atoms with E-state index in [-0.39, 0.29) is 22.3 Å². The zero-order valence-electron chi connectivity index (χ0n) is 10.9. The molecule has 0 unspecified atom stereocenters. The van der Waals surface area contributed by atoms with Gasteiger partial charge in [0.25, 0.3) is 0 Å². The molecule has 2 N–H and O–H groups in total. The largest absolute Gasteiger partial charge is 0.446 e. The van der Waals surface area contributed by atoms with Crippen LogP contribution in [0.15, 0.2) is 53.4 Å². The number of thioether (sulfide) groups is 1. The number of rotatable bonds is 3. The van der Waals surface area contributed by atoms with E-state index in [0.717, 1.165) is 0 Å². The predicted octanol–water partition coefficient (Wildman–Crippen LogP) is 5.60. The van der Waals surface area contributed by atoms with E-state index in [1.54, 1.807) is 24.3 Å². The average molecular weight is 347 g/mol. The first-order valence-electron chi connectivity index (χ1n) is 6.01. The number of nitrogens with one attached hydrogen (secondary N) is 2. The molecule has 0 radical (unpaired) electrons. The van der Waals surface area contributed by atoms with Gasteiger partial charge in [-0.05, 0) is 48.2 Å². The van der Waals surface area contributed by atoms with Crippen molar-refractivity contribution in [3.05, 3.63) is 53.6 Å². The Bertz CT molecular complexity index is 679. The molecule has 2 aromatic carbocycles. The van der Waals surface area contributed by atoms with Gasteiger partial charge in [0, 0.05) is 21.3 Å². The van der Waals surface area contributed by atoms with E-state index in [0.29, 0.717) is 10.7 Å². The molecule has 3 nitrogen and oxygen atoms in total.